The van der Waals surface area contributed by atoms with E-state index < -0.39 is 0 Å². The van der Waals surface area contributed by atoms with Gasteiger partial charge in [0.1, 0.15) is 12.7 Å². The van der Waals surface area contributed by atoms with Crippen molar-refractivity contribution >= 4 is 17.4 Å². The fourth-order valence-corrected chi connectivity index (χ4v) is 3.59. The van der Waals surface area contributed by atoms with Crippen molar-refractivity contribution in [2.45, 2.75) is 13.0 Å². The third-order valence-electron chi connectivity index (χ3n) is 5.59. The van der Waals surface area contributed by atoms with Crippen LogP contribution in [0.1, 0.15) is 34.5 Å². The third-order valence-corrected chi connectivity index (χ3v) is 5.59. The van der Waals surface area contributed by atoms with Crippen molar-refractivity contribution in [3.8, 4) is 5.69 Å². The summed E-state index contributed by atoms with van der Waals surface area (Å²) in [6.07, 6.45) is 3.14. The molecule has 3 aromatic carbocycles. The number of carbonyl (C=O) groups is 2. The Bertz CT molecular complexity index is 1220. The van der Waals surface area contributed by atoms with Crippen LogP contribution in [0.3, 0.4) is 0 Å². The molecule has 0 spiro atoms. The van der Waals surface area contributed by atoms with E-state index in [9.17, 15) is 9.59 Å². The predicted molar refractivity (Wildman–Crippen MR) is 127 cm³/mol. The van der Waals surface area contributed by atoms with Gasteiger partial charge in [-0.2, -0.15) is 5.10 Å². The van der Waals surface area contributed by atoms with E-state index in [0.29, 0.717) is 16.8 Å². The van der Waals surface area contributed by atoms with Gasteiger partial charge in [-0.15, -0.1) is 0 Å². The maximum Gasteiger partial charge on any atom is 0.238 e. The van der Waals surface area contributed by atoms with Gasteiger partial charge < -0.3 is 5.32 Å². The Hall–Kier alpha value is -4.10. The van der Waals surface area contributed by atoms with Crippen LogP contribution in [0.4, 0.5) is 5.69 Å². The first-order chi connectivity index (χ1) is 16.0. The molecular formula is C26H25N5O2. The van der Waals surface area contributed by atoms with E-state index in [-0.39, 0.29) is 24.3 Å². The highest BCUT2D eigenvalue weighted by Crippen LogP contribution is 2.22. The topological polar surface area (TPSA) is 80.1 Å². The average Bonchev–Trinajstić information content (AvgIpc) is 3.39. The van der Waals surface area contributed by atoms with Gasteiger partial charge in [-0.05, 0) is 43.8 Å². The highest BCUT2D eigenvalue weighted by atomic mass is 16.2. The molecule has 0 saturated carbocycles. The van der Waals surface area contributed by atoms with Crippen LogP contribution in [0.25, 0.3) is 5.69 Å². The smallest absolute Gasteiger partial charge is 0.238 e. The van der Waals surface area contributed by atoms with Gasteiger partial charge in [0.2, 0.25) is 5.91 Å². The summed E-state index contributed by atoms with van der Waals surface area (Å²) in [5.74, 6) is -0.308. The van der Waals surface area contributed by atoms with Gasteiger partial charge in [-0.25, -0.2) is 9.67 Å². The van der Waals surface area contributed by atoms with Crippen molar-refractivity contribution in [1.82, 2.24) is 19.7 Å². The molecule has 33 heavy (non-hydrogen) atoms. The van der Waals surface area contributed by atoms with Gasteiger partial charge in [0.15, 0.2) is 5.78 Å². The first-order valence-electron chi connectivity index (χ1n) is 10.7. The Balaban J connectivity index is 1.41. The quantitative estimate of drug-likeness (QED) is 0.418. The maximum atomic E-state index is 12.9. The number of likely N-dealkylation sites (N-methyl/N-ethyl adjacent to an activating group) is 1. The van der Waals surface area contributed by atoms with E-state index in [1.165, 1.54) is 6.33 Å². The van der Waals surface area contributed by atoms with Gasteiger partial charge in [0.25, 0.3) is 0 Å². The standard InChI is InChI=1S/C26H25N5O2/c1-19(20-12-14-22(15-13-20)31-18-27-17-28-31)30(2)16-25(32)29-24-11-7-6-10-23(24)26(33)21-8-4-3-5-9-21/h3-15,17-19H,16H2,1-2H3,(H,29,32). The molecular weight excluding hydrogens is 414 g/mol. The number of anilines is 1. The molecule has 0 aliphatic heterocycles. The molecule has 0 bridgehead atoms. The third kappa shape index (κ3) is 5.22. The lowest BCUT2D eigenvalue weighted by molar-refractivity contribution is -0.117. The predicted octanol–water partition coefficient (Wildman–Crippen LogP) is 4.13. The highest BCUT2D eigenvalue weighted by molar-refractivity contribution is 6.13. The zero-order valence-corrected chi connectivity index (χ0v) is 18.6. The minimum absolute atomic E-state index is 0.0155. The first kappa shape index (κ1) is 22.1. The van der Waals surface area contributed by atoms with E-state index in [0.717, 1.165) is 11.3 Å². The zero-order valence-electron chi connectivity index (χ0n) is 18.6. The van der Waals surface area contributed by atoms with E-state index >= 15 is 0 Å². The van der Waals surface area contributed by atoms with Crippen molar-refractivity contribution in [2.24, 2.45) is 0 Å². The maximum absolute atomic E-state index is 12.9. The van der Waals surface area contributed by atoms with Gasteiger partial charge >= 0.3 is 0 Å². The number of nitrogens with zero attached hydrogens (tertiary/aromatic N) is 4. The van der Waals surface area contributed by atoms with Gasteiger partial charge in [0, 0.05) is 17.2 Å². The minimum Gasteiger partial charge on any atom is -0.324 e. The van der Waals surface area contributed by atoms with Crippen LogP contribution in [0.2, 0.25) is 0 Å². The molecule has 0 aliphatic carbocycles. The van der Waals surface area contributed by atoms with Crippen molar-refractivity contribution in [2.75, 3.05) is 18.9 Å². The van der Waals surface area contributed by atoms with Crippen molar-refractivity contribution < 1.29 is 9.59 Å². The number of para-hydroxylation sites is 1. The molecule has 0 radical (unpaired) electrons. The van der Waals surface area contributed by atoms with Gasteiger partial charge in [0.05, 0.1) is 17.9 Å². The number of nitrogens with one attached hydrogen (secondary N) is 1. The molecule has 4 rings (SSSR count). The number of amides is 1. The Morgan fingerprint density at radius 2 is 1.67 bits per heavy atom. The van der Waals surface area contributed by atoms with Crippen LogP contribution in [0, 0.1) is 0 Å². The van der Waals surface area contributed by atoms with Crippen LogP contribution >= 0.6 is 0 Å². The molecule has 1 heterocycles. The van der Waals surface area contributed by atoms with E-state index in [2.05, 4.69) is 15.4 Å². The highest BCUT2D eigenvalue weighted by Gasteiger charge is 2.18. The fourth-order valence-electron chi connectivity index (χ4n) is 3.59. The van der Waals surface area contributed by atoms with Crippen LogP contribution in [0.5, 0.6) is 0 Å². The van der Waals surface area contributed by atoms with Crippen LogP contribution < -0.4 is 5.32 Å². The lowest BCUT2D eigenvalue weighted by atomic mass is 10.0. The normalized spacial score (nSPS) is 11.8. The number of ketones is 1. The second-order valence-electron chi connectivity index (χ2n) is 7.81. The lowest BCUT2D eigenvalue weighted by Gasteiger charge is -2.25. The van der Waals surface area contributed by atoms with E-state index in [1.807, 2.05) is 61.3 Å². The number of aromatic nitrogens is 3. The fraction of sp³-hybridized carbons (Fsp3) is 0.154. The SMILES string of the molecule is CC(c1ccc(-n2cncn2)cc1)N(C)CC(=O)Nc1ccccc1C(=O)c1ccccc1. The summed E-state index contributed by atoms with van der Waals surface area (Å²) < 4.78 is 1.69. The lowest BCUT2D eigenvalue weighted by Crippen LogP contribution is -2.32. The Morgan fingerprint density at radius 3 is 2.36 bits per heavy atom. The molecule has 0 saturated heterocycles. The second kappa shape index (κ2) is 10.0. The summed E-state index contributed by atoms with van der Waals surface area (Å²) in [7, 11) is 1.90. The van der Waals surface area contributed by atoms with Crippen molar-refractivity contribution in [3.05, 3.63) is 108 Å². The number of benzene rings is 3. The Morgan fingerprint density at radius 1 is 0.970 bits per heavy atom. The number of rotatable bonds is 8. The molecule has 7 heteroatoms. The molecule has 7 nitrogen and oxygen atoms in total. The van der Waals surface area contributed by atoms with Crippen LogP contribution in [-0.4, -0.2) is 44.9 Å². The molecule has 0 aliphatic rings. The molecule has 1 amide bonds. The second-order valence-corrected chi connectivity index (χ2v) is 7.81. The minimum atomic E-state index is -0.183. The summed E-state index contributed by atoms with van der Waals surface area (Å²) in [6.45, 7) is 2.23. The summed E-state index contributed by atoms with van der Waals surface area (Å²) in [5, 5.41) is 7.04. The van der Waals surface area contributed by atoms with E-state index in [4.69, 9.17) is 0 Å². The molecule has 166 valence electrons. The molecule has 1 aromatic heterocycles. The summed E-state index contributed by atoms with van der Waals surface area (Å²) in [4.78, 5) is 31.6. The molecule has 1 unspecified atom stereocenters. The summed E-state index contributed by atoms with van der Waals surface area (Å²) >= 11 is 0. The monoisotopic (exact) mass is 439 g/mol. The average molecular weight is 440 g/mol. The molecule has 1 N–H and O–H groups in total. The van der Waals surface area contributed by atoms with Crippen LogP contribution in [-0.2, 0) is 4.79 Å². The first-order valence-corrected chi connectivity index (χ1v) is 10.7. The number of hydrogen-bond donors (Lipinski definition) is 1. The Labute approximate surface area is 192 Å². The largest absolute Gasteiger partial charge is 0.324 e. The van der Waals surface area contributed by atoms with Gasteiger partial charge in [-0.3, -0.25) is 14.5 Å². The Kier molecular flexibility index (Phi) is 6.71. The number of hydrogen-bond acceptors (Lipinski definition) is 5. The molecule has 0 fully saturated rings. The molecule has 1 atom stereocenters. The van der Waals surface area contributed by atoms with Crippen LogP contribution in [0.15, 0.2) is 91.5 Å². The zero-order chi connectivity index (χ0) is 23.2. The van der Waals surface area contributed by atoms with E-state index in [1.54, 1.807) is 47.4 Å². The van der Waals surface area contributed by atoms with Crippen molar-refractivity contribution in [1.29, 1.82) is 0 Å². The van der Waals surface area contributed by atoms with Gasteiger partial charge in [-0.1, -0.05) is 54.6 Å². The summed E-state index contributed by atoms with van der Waals surface area (Å²) in [5.41, 5.74) is 3.56. The molecule has 4 aromatic rings. The summed E-state index contributed by atoms with van der Waals surface area (Å²) in [6, 6.07) is 24.1. The van der Waals surface area contributed by atoms with Crippen molar-refractivity contribution in [3.63, 3.8) is 0 Å². The number of carbonyl (C=O) groups excluding carboxylic acids is 2.